The van der Waals surface area contributed by atoms with E-state index in [0.717, 1.165) is 12.1 Å². The number of aryl methyl sites for hydroxylation is 1. The van der Waals surface area contributed by atoms with Gasteiger partial charge in [-0.1, -0.05) is 6.07 Å². The Balaban J connectivity index is 2.95. The van der Waals surface area contributed by atoms with Crippen molar-refractivity contribution in [1.82, 2.24) is 0 Å². The van der Waals surface area contributed by atoms with E-state index in [2.05, 4.69) is 0 Å². The van der Waals surface area contributed by atoms with Crippen LogP contribution in [0.1, 0.15) is 24.0 Å². The Hall–Kier alpha value is -1.32. The van der Waals surface area contributed by atoms with Crippen molar-refractivity contribution in [3.63, 3.8) is 0 Å². The molecule has 0 radical (unpaired) electrons. The van der Waals surface area contributed by atoms with Crippen LogP contribution in [0.3, 0.4) is 0 Å². The van der Waals surface area contributed by atoms with Gasteiger partial charge in [-0.25, -0.2) is 13.2 Å². The second kappa shape index (κ2) is 4.79. The number of aldehydes is 1. The maximum Gasteiger partial charge on any atom is 0.264 e. The Morgan fingerprint density at radius 2 is 2.07 bits per heavy atom. The van der Waals surface area contributed by atoms with E-state index in [1.165, 1.54) is 6.07 Å². The fourth-order valence-electron chi connectivity index (χ4n) is 1.21. The first-order valence-corrected chi connectivity index (χ1v) is 4.15. The van der Waals surface area contributed by atoms with Crippen LogP contribution in [-0.2, 0) is 11.2 Å². The highest BCUT2D eigenvalue weighted by Gasteiger charge is 2.13. The van der Waals surface area contributed by atoms with Crippen molar-refractivity contribution in [1.29, 1.82) is 0 Å². The minimum Gasteiger partial charge on any atom is -0.303 e. The van der Waals surface area contributed by atoms with Crippen LogP contribution < -0.4 is 0 Å². The van der Waals surface area contributed by atoms with Crippen LogP contribution in [0.25, 0.3) is 0 Å². The molecule has 0 saturated carbocycles. The number of carbonyl (C=O) groups excluding carboxylic acids is 1. The summed E-state index contributed by atoms with van der Waals surface area (Å²) >= 11 is 0. The molecule has 4 heteroatoms. The first-order valence-electron chi connectivity index (χ1n) is 4.15. The van der Waals surface area contributed by atoms with Crippen molar-refractivity contribution < 1.29 is 18.0 Å². The molecule has 14 heavy (non-hydrogen) atoms. The van der Waals surface area contributed by atoms with Crippen LogP contribution >= 0.6 is 0 Å². The maximum atomic E-state index is 12.6. The van der Waals surface area contributed by atoms with Gasteiger partial charge in [0.2, 0.25) is 0 Å². The summed E-state index contributed by atoms with van der Waals surface area (Å²) in [7, 11) is 0. The zero-order valence-corrected chi connectivity index (χ0v) is 7.34. The number of hydrogen-bond acceptors (Lipinski definition) is 1. The first-order chi connectivity index (χ1) is 6.65. The molecule has 1 aromatic carbocycles. The molecule has 0 unspecified atom stereocenters. The molecule has 0 aromatic heterocycles. The molecule has 0 heterocycles. The number of benzene rings is 1. The molecule has 1 nitrogen and oxygen atoms in total. The normalized spacial score (nSPS) is 10.6. The van der Waals surface area contributed by atoms with Crippen LogP contribution in [0, 0.1) is 5.82 Å². The average Bonchev–Trinajstić information content (AvgIpc) is 2.15. The van der Waals surface area contributed by atoms with Crippen LogP contribution in [0.5, 0.6) is 0 Å². The lowest BCUT2D eigenvalue weighted by molar-refractivity contribution is -0.107. The minimum atomic E-state index is -2.70. The highest BCUT2D eigenvalue weighted by molar-refractivity contribution is 5.50. The van der Waals surface area contributed by atoms with E-state index >= 15 is 0 Å². The number of hydrogen-bond donors (Lipinski definition) is 0. The lowest BCUT2D eigenvalue weighted by atomic mass is 10.0. The molecule has 0 atom stereocenters. The van der Waals surface area contributed by atoms with E-state index in [1.54, 1.807) is 0 Å². The number of carbonyl (C=O) groups is 1. The predicted molar refractivity (Wildman–Crippen MR) is 45.7 cm³/mol. The largest absolute Gasteiger partial charge is 0.303 e. The van der Waals surface area contributed by atoms with Gasteiger partial charge in [0.15, 0.2) is 0 Å². The maximum absolute atomic E-state index is 12.6. The van der Waals surface area contributed by atoms with Crippen LogP contribution in [0.4, 0.5) is 13.2 Å². The molecule has 0 N–H and O–H groups in total. The number of rotatable bonds is 4. The third-order valence-corrected chi connectivity index (χ3v) is 1.87. The van der Waals surface area contributed by atoms with Gasteiger partial charge in [0.05, 0.1) is 0 Å². The highest BCUT2D eigenvalue weighted by Crippen LogP contribution is 2.24. The van der Waals surface area contributed by atoms with Crippen LogP contribution in [0.15, 0.2) is 18.2 Å². The summed E-state index contributed by atoms with van der Waals surface area (Å²) in [5, 5.41) is 0. The molecule has 0 bridgehead atoms. The summed E-state index contributed by atoms with van der Waals surface area (Å²) in [6.45, 7) is 0. The zero-order chi connectivity index (χ0) is 10.6. The Labute approximate surface area is 79.5 Å². The molecule has 76 valence electrons. The van der Waals surface area contributed by atoms with Gasteiger partial charge in [0, 0.05) is 12.0 Å². The highest BCUT2D eigenvalue weighted by atomic mass is 19.3. The SMILES string of the molecule is O=CCCc1ccc(F)cc1C(F)F. The number of halogens is 3. The molecule has 0 aliphatic rings. The Bertz CT molecular complexity index is 323. The van der Waals surface area contributed by atoms with Crippen molar-refractivity contribution in [2.75, 3.05) is 0 Å². The van der Waals surface area contributed by atoms with Gasteiger partial charge in [-0.05, 0) is 24.1 Å². The second-order valence-electron chi connectivity index (χ2n) is 2.85. The second-order valence-corrected chi connectivity index (χ2v) is 2.85. The standard InChI is InChI=1S/C10H9F3O/c11-8-4-3-7(2-1-5-14)9(6-8)10(12)13/h3-6,10H,1-2H2. The van der Waals surface area contributed by atoms with Gasteiger partial charge < -0.3 is 4.79 Å². The molecule has 0 fully saturated rings. The molecule has 1 aromatic rings. The van der Waals surface area contributed by atoms with E-state index < -0.39 is 12.2 Å². The summed E-state index contributed by atoms with van der Waals surface area (Å²) in [5.41, 5.74) is 0.000324. The third-order valence-electron chi connectivity index (χ3n) is 1.87. The van der Waals surface area contributed by atoms with Crippen LogP contribution in [-0.4, -0.2) is 6.29 Å². The average molecular weight is 202 g/mol. The van der Waals surface area contributed by atoms with E-state index in [0.29, 0.717) is 11.8 Å². The Morgan fingerprint density at radius 3 is 2.64 bits per heavy atom. The van der Waals surface area contributed by atoms with E-state index in [9.17, 15) is 18.0 Å². The monoisotopic (exact) mass is 202 g/mol. The van der Waals surface area contributed by atoms with Gasteiger partial charge in [-0.3, -0.25) is 0 Å². The third kappa shape index (κ3) is 2.58. The molecular formula is C10H9F3O. The smallest absolute Gasteiger partial charge is 0.264 e. The molecule has 0 amide bonds. The fraction of sp³-hybridized carbons (Fsp3) is 0.300. The van der Waals surface area contributed by atoms with Gasteiger partial charge in [0.25, 0.3) is 6.43 Å². The van der Waals surface area contributed by atoms with E-state index in [1.807, 2.05) is 0 Å². The van der Waals surface area contributed by atoms with Gasteiger partial charge >= 0.3 is 0 Å². The summed E-state index contributed by atoms with van der Waals surface area (Å²) in [6, 6.07) is 3.22. The first kappa shape index (κ1) is 10.8. The van der Waals surface area contributed by atoms with Gasteiger partial charge in [-0.2, -0.15) is 0 Å². The predicted octanol–water partition coefficient (Wildman–Crippen LogP) is 2.89. The van der Waals surface area contributed by atoms with Crippen molar-refractivity contribution in [2.45, 2.75) is 19.3 Å². The fourth-order valence-corrected chi connectivity index (χ4v) is 1.21. The lowest BCUT2D eigenvalue weighted by Gasteiger charge is -2.06. The summed E-state index contributed by atoms with van der Waals surface area (Å²) in [4.78, 5) is 10.1. The molecule has 0 saturated heterocycles. The molecular weight excluding hydrogens is 193 g/mol. The van der Waals surface area contributed by atoms with Crippen molar-refractivity contribution in [3.05, 3.63) is 35.1 Å². The zero-order valence-electron chi connectivity index (χ0n) is 7.34. The topological polar surface area (TPSA) is 17.1 Å². The van der Waals surface area contributed by atoms with Crippen molar-refractivity contribution in [3.8, 4) is 0 Å². The summed E-state index contributed by atoms with van der Waals surface area (Å²) in [5.74, 6) is -0.685. The van der Waals surface area contributed by atoms with Gasteiger partial charge in [0.1, 0.15) is 12.1 Å². The number of alkyl halides is 2. The van der Waals surface area contributed by atoms with Gasteiger partial charge in [-0.15, -0.1) is 0 Å². The molecule has 0 spiro atoms. The van der Waals surface area contributed by atoms with Crippen molar-refractivity contribution >= 4 is 6.29 Å². The minimum absolute atomic E-state index is 0.172. The molecule has 0 aliphatic carbocycles. The summed E-state index contributed by atoms with van der Waals surface area (Å²) in [6.07, 6.45) is -1.65. The summed E-state index contributed by atoms with van der Waals surface area (Å²) < 4.78 is 37.4. The van der Waals surface area contributed by atoms with Crippen molar-refractivity contribution in [2.24, 2.45) is 0 Å². The molecule has 1 rings (SSSR count). The van der Waals surface area contributed by atoms with E-state index in [4.69, 9.17) is 0 Å². The Kier molecular flexibility index (Phi) is 3.68. The van der Waals surface area contributed by atoms with E-state index in [-0.39, 0.29) is 18.4 Å². The lowest BCUT2D eigenvalue weighted by Crippen LogP contribution is -1.96. The molecule has 0 aliphatic heterocycles. The quantitative estimate of drug-likeness (QED) is 0.686. The Morgan fingerprint density at radius 1 is 1.36 bits per heavy atom. The van der Waals surface area contributed by atoms with Crippen LogP contribution in [0.2, 0.25) is 0 Å².